The van der Waals surface area contributed by atoms with Gasteiger partial charge in [0.25, 0.3) is 0 Å². The molecular weight excluding hydrogens is 797 g/mol. The maximum atomic E-state index is 9.75. The van der Waals surface area contributed by atoms with Crippen LogP contribution < -0.4 is 0 Å². The highest BCUT2D eigenvalue weighted by atomic mass is 14.7. The van der Waals surface area contributed by atoms with Crippen molar-refractivity contribution in [3.05, 3.63) is 34.7 Å². The van der Waals surface area contributed by atoms with E-state index >= 15 is 0 Å². The molecule has 0 saturated heterocycles. The fourth-order valence-electron chi connectivity index (χ4n) is 22.0. The van der Waals surface area contributed by atoms with Gasteiger partial charge < -0.3 is 4.85 Å². The third-order valence-corrected chi connectivity index (χ3v) is 24.8. The molecule has 2 nitrogen and oxygen atoms in total. The van der Waals surface area contributed by atoms with Crippen molar-refractivity contribution in [2.24, 2.45) is 124 Å². The molecule has 12 saturated carbocycles. The zero-order valence-corrected chi connectivity index (χ0v) is 42.2. The van der Waals surface area contributed by atoms with E-state index in [2.05, 4.69) is 23.1 Å². The van der Waals surface area contributed by atoms with E-state index in [-0.39, 0.29) is 0 Å². The minimum atomic E-state index is 0.312. The van der Waals surface area contributed by atoms with Crippen molar-refractivity contribution < 1.29 is 0 Å². The van der Waals surface area contributed by atoms with Gasteiger partial charge in [0, 0.05) is 18.8 Å². The molecule has 0 aromatic rings. The summed E-state index contributed by atoms with van der Waals surface area (Å²) in [7, 11) is 0. The van der Waals surface area contributed by atoms with Gasteiger partial charge in [-0.25, -0.2) is 6.57 Å². The zero-order chi connectivity index (χ0) is 44.1. The Kier molecular flexibility index (Phi) is 14.0. The number of nitrogens with zero attached hydrogens (tertiary/aromatic N) is 2. The molecule has 12 rings (SSSR count). The highest BCUT2D eigenvalue weighted by molar-refractivity contribution is 5.20. The molecule has 2 heteroatoms. The van der Waals surface area contributed by atoms with Gasteiger partial charge in [-0.05, 0) is 272 Å². The first-order valence-electron chi connectivity index (χ1n) is 30.8. The van der Waals surface area contributed by atoms with E-state index in [1.165, 1.54) is 180 Å². The summed E-state index contributed by atoms with van der Waals surface area (Å²) < 4.78 is 0. The van der Waals surface area contributed by atoms with Crippen LogP contribution in [0.2, 0.25) is 0 Å². The summed E-state index contributed by atoms with van der Waals surface area (Å²) in [5.74, 6) is 20.1. The Morgan fingerprint density at radius 1 is 0.379 bits per heavy atom. The highest BCUT2D eigenvalue weighted by Gasteiger charge is 2.60. The van der Waals surface area contributed by atoms with Crippen LogP contribution in [0.3, 0.4) is 0 Å². The lowest BCUT2D eigenvalue weighted by Crippen LogP contribution is -2.35. The Morgan fingerprint density at radius 2 is 0.773 bits per heavy atom. The first-order valence-corrected chi connectivity index (χ1v) is 30.8. The average molecular weight is 893 g/mol. The zero-order valence-electron chi connectivity index (χ0n) is 42.2. The molecule has 12 aliphatic rings. The molecule has 0 bridgehead atoms. The first-order chi connectivity index (χ1) is 32.6. The molecular formula is C64H96N2. The molecule has 66 heavy (non-hydrogen) atoms. The third-order valence-electron chi connectivity index (χ3n) is 24.8. The normalized spacial score (nSPS) is 50.8. The summed E-state index contributed by atoms with van der Waals surface area (Å²) in [6.07, 6.45) is 58.7. The van der Waals surface area contributed by atoms with Crippen molar-refractivity contribution in [3.63, 3.8) is 0 Å². The van der Waals surface area contributed by atoms with E-state index in [1.807, 2.05) is 11.1 Å². The molecule has 0 spiro atoms. The van der Waals surface area contributed by atoms with Gasteiger partial charge in [-0.15, -0.1) is 0 Å². The molecule has 0 aliphatic heterocycles. The minimum absolute atomic E-state index is 0.312. The molecule has 0 amide bonds. The number of allylic oxidation sites excluding steroid dienone is 4. The molecule has 0 aromatic heterocycles. The number of hydrogen-bond acceptors (Lipinski definition) is 1. The van der Waals surface area contributed by atoms with E-state index in [0.29, 0.717) is 12.0 Å². The molecule has 12 aliphatic carbocycles. The second-order valence-electron chi connectivity index (χ2n) is 27.6. The number of fused-ring (bicyclic) bond motifs is 2. The molecule has 0 N–H and O–H groups in total. The van der Waals surface area contributed by atoms with Gasteiger partial charge in [0.2, 0.25) is 6.04 Å². The van der Waals surface area contributed by atoms with Gasteiger partial charge in [-0.3, -0.25) is 0 Å². The summed E-state index contributed by atoms with van der Waals surface area (Å²) in [6, 6.07) is 2.97. The molecule has 12 fully saturated rings. The second kappa shape index (κ2) is 20.3. The van der Waals surface area contributed by atoms with Gasteiger partial charge in [0.05, 0.1) is 6.07 Å². The van der Waals surface area contributed by atoms with Gasteiger partial charge in [0.15, 0.2) is 0 Å². The predicted molar refractivity (Wildman–Crippen MR) is 272 cm³/mol. The van der Waals surface area contributed by atoms with E-state index in [1.54, 1.807) is 38.5 Å². The molecule has 10 atom stereocenters. The third kappa shape index (κ3) is 9.16. The van der Waals surface area contributed by atoms with Crippen molar-refractivity contribution >= 4 is 0 Å². The Morgan fingerprint density at radius 3 is 1.20 bits per heavy atom. The van der Waals surface area contributed by atoms with Crippen LogP contribution in [0.5, 0.6) is 0 Å². The fourth-order valence-corrected chi connectivity index (χ4v) is 22.0. The van der Waals surface area contributed by atoms with Crippen LogP contribution in [0.25, 0.3) is 4.85 Å². The molecule has 0 heterocycles. The van der Waals surface area contributed by atoms with Crippen LogP contribution in [0.4, 0.5) is 0 Å². The lowest BCUT2D eigenvalue weighted by molar-refractivity contribution is 0.0745. The largest absolute Gasteiger partial charge is 0.314 e. The van der Waals surface area contributed by atoms with E-state index in [0.717, 1.165) is 131 Å². The van der Waals surface area contributed by atoms with Crippen molar-refractivity contribution in [2.75, 3.05) is 0 Å². The smallest absolute Gasteiger partial charge is 0.223 e. The van der Waals surface area contributed by atoms with Crippen LogP contribution >= 0.6 is 0 Å². The minimum Gasteiger partial charge on any atom is -0.314 e. The van der Waals surface area contributed by atoms with Gasteiger partial charge in [-0.1, -0.05) is 87.5 Å². The molecule has 0 aromatic carbocycles. The lowest BCUT2D eigenvalue weighted by atomic mass is 9.60. The number of nitriles is 1. The quantitative estimate of drug-likeness (QED) is 0.176. The SMILES string of the molecule is [C-]#[N+]C1CCC(C(=CC2CCC(C3CC4CC5CC(C6CCC(C=C(C7CCC(C#N)CC7)C7CCCC8CCCCC87)CC6)CC6CC(C3)C4C56)CC2)C2CCCC3CCCCC32)CC1. The van der Waals surface area contributed by atoms with Crippen molar-refractivity contribution in [1.29, 1.82) is 5.26 Å². The maximum absolute atomic E-state index is 9.75. The Labute approximate surface area is 405 Å². The van der Waals surface area contributed by atoms with Gasteiger partial charge in [0.1, 0.15) is 0 Å². The van der Waals surface area contributed by atoms with Crippen LogP contribution in [0, 0.1) is 142 Å². The topological polar surface area (TPSA) is 28.1 Å². The van der Waals surface area contributed by atoms with Crippen molar-refractivity contribution in [2.45, 2.75) is 237 Å². The van der Waals surface area contributed by atoms with E-state index in [4.69, 9.17) is 6.57 Å². The maximum Gasteiger partial charge on any atom is 0.223 e. The summed E-state index contributed by atoms with van der Waals surface area (Å²) in [4.78, 5) is 4.03. The van der Waals surface area contributed by atoms with Crippen LogP contribution in [-0.4, -0.2) is 6.04 Å². The molecule has 10 unspecified atom stereocenters. The average Bonchev–Trinajstić information content (AvgIpc) is 3.96. The molecule has 0 radical (unpaired) electrons. The highest BCUT2D eigenvalue weighted by Crippen LogP contribution is 2.68. The Hall–Kier alpha value is -1.54. The predicted octanol–water partition coefficient (Wildman–Crippen LogP) is 17.8. The number of hydrogen-bond donors (Lipinski definition) is 0. The number of rotatable bonds is 8. The van der Waals surface area contributed by atoms with Crippen LogP contribution in [0.15, 0.2) is 23.3 Å². The standard InChI is InChI=1S/C64H96N2/c1-66-56-30-28-49(29-31-56)62(60-15-7-11-47-9-3-5-13-58(47)60)33-42-18-24-45(25-19-42)51-36-54-38-52-34-50(35-53-39-55(37-51)64(54)63(52)53)44-22-16-41(17-23-44)32-61(48-26-20-43(40-65)21-27-48)59-14-6-10-46-8-2-4-12-57(46)59/h32-33,41-60,63-64H,2-31,34-39H2. The van der Waals surface area contributed by atoms with Gasteiger partial charge >= 0.3 is 0 Å². The monoisotopic (exact) mass is 893 g/mol. The van der Waals surface area contributed by atoms with E-state index in [9.17, 15) is 5.26 Å². The first kappa shape index (κ1) is 45.6. The van der Waals surface area contributed by atoms with Crippen molar-refractivity contribution in [3.8, 4) is 6.07 Å². The van der Waals surface area contributed by atoms with E-state index < -0.39 is 0 Å². The van der Waals surface area contributed by atoms with Crippen LogP contribution in [0.1, 0.15) is 231 Å². The Bertz CT molecular complexity index is 1620. The van der Waals surface area contributed by atoms with Crippen LogP contribution in [-0.2, 0) is 0 Å². The fraction of sp³-hybridized carbons (Fsp3) is 0.906. The lowest BCUT2D eigenvalue weighted by Gasteiger charge is -2.45. The molecule has 362 valence electrons. The summed E-state index contributed by atoms with van der Waals surface area (Å²) in [6.45, 7) is 7.74. The Balaban J connectivity index is 0.660. The summed E-state index contributed by atoms with van der Waals surface area (Å²) >= 11 is 0. The summed E-state index contributed by atoms with van der Waals surface area (Å²) in [5.41, 5.74) is 3.92. The summed E-state index contributed by atoms with van der Waals surface area (Å²) in [5, 5.41) is 9.75. The van der Waals surface area contributed by atoms with Gasteiger partial charge in [-0.2, -0.15) is 5.26 Å². The second-order valence-corrected chi connectivity index (χ2v) is 27.6. The van der Waals surface area contributed by atoms with Crippen molar-refractivity contribution in [1.82, 2.24) is 0 Å².